The lowest BCUT2D eigenvalue weighted by molar-refractivity contribution is 0.134. The minimum absolute atomic E-state index is 0.102. The quantitative estimate of drug-likeness (QED) is 0.898. The Morgan fingerprint density at radius 1 is 1.36 bits per heavy atom. The Bertz CT molecular complexity index is 513. The molecule has 2 rings (SSSR count). The van der Waals surface area contributed by atoms with Crippen LogP contribution in [0, 0.1) is 18.7 Å². The van der Waals surface area contributed by atoms with Crippen molar-refractivity contribution in [3.8, 4) is 0 Å². The molecule has 0 spiro atoms. The van der Waals surface area contributed by atoms with E-state index >= 15 is 0 Å². The summed E-state index contributed by atoms with van der Waals surface area (Å²) >= 11 is 0. The van der Waals surface area contributed by atoms with E-state index in [1.54, 1.807) is 24.0 Å². The predicted molar refractivity (Wildman–Crippen MR) is 84.0 cm³/mol. The highest BCUT2D eigenvalue weighted by molar-refractivity contribution is 5.74. The first-order valence-corrected chi connectivity index (χ1v) is 7.87. The zero-order chi connectivity index (χ0) is 16.1. The van der Waals surface area contributed by atoms with E-state index in [1.165, 1.54) is 6.07 Å². The Labute approximate surface area is 131 Å². The summed E-state index contributed by atoms with van der Waals surface area (Å²) in [5, 5.41) is 12.0. The van der Waals surface area contributed by atoms with E-state index in [1.807, 2.05) is 7.05 Å². The maximum Gasteiger partial charge on any atom is 0.317 e. The van der Waals surface area contributed by atoms with Crippen molar-refractivity contribution < 1.29 is 14.3 Å². The zero-order valence-corrected chi connectivity index (χ0v) is 13.3. The molecule has 0 aliphatic heterocycles. The summed E-state index contributed by atoms with van der Waals surface area (Å²) in [5.74, 6) is 0.155. The van der Waals surface area contributed by atoms with E-state index in [2.05, 4.69) is 5.32 Å². The fraction of sp³-hybridized carbons (Fsp3) is 0.588. The molecule has 0 radical (unpaired) electrons. The Balaban J connectivity index is 1.82. The number of aliphatic hydroxyl groups is 1. The largest absolute Gasteiger partial charge is 0.396 e. The molecule has 1 aromatic rings. The molecule has 22 heavy (non-hydrogen) atoms. The lowest BCUT2D eigenvalue weighted by Crippen LogP contribution is -2.45. The average molecular weight is 308 g/mol. The van der Waals surface area contributed by atoms with Crippen molar-refractivity contribution in [3.05, 3.63) is 35.1 Å². The molecule has 122 valence electrons. The van der Waals surface area contributed by atoms with Crippen molar-refractivity contribution in [3.63, 3.8) is 0 Å². The van der Waals surface area contributed by atoms with E-state index in [0.29, 0.717) is 18.0 Å². The van der Waals surface area contributed by atoms with Gasteiger partial charge >= 0.3 is 6.03 Å². The van der Waals surface area contributed by atoms with Crippen LogP contribution in [-0.2, 0) is 6.54 Å². The molecule has 2 amide bonds. The van der Waals surface area contributed by atoms with Crippen molar-refractivity contribution in [2.45, 2.75) is 45.2 Å². The fourth-order valence-electron chi connectivity index (χ4n) is 3.00. The van der Waals surface area contributed by atoms with E-state index in [4.69, 9.17) is 5.11 Å². The van der Waals surface area contributed by atoms with E-state index in [0.717, 1.165) is 31.2 Å². The number of nitrogens with one attached hydrogen (secondary N) is 1. The van der Waals surface area contributed by atoms with Gasteiger partial charge in [0.15, 0.2) is 0 Å². The van der Waals surface area contributed by atoms with Crippen molar-refractivity contribution in [2.75, 3.05) is 13.7 Å². The number of nitrogens with zero attached hydrogens (tertiary/aromatic N) is 1. The maximum absolute atomic E-state index is 13.2. The second-order valence-corrected chi connectivity index (χ2v) is 6.21. The summed E-state index contributed by atoms with van der Waals surface area (Å²) in [6, 6.07) is 5.00. The van der Waals surface area contributed by atoms with Crippen LogP contribution in [0.15, 0.2) is 18.2 Å². The number of aryl methyl sites for hydroxylation is 1. The van der Waals surface area contributed by atoms with E-state index in [9.17, 15) is 9.18 Å². The van der Waals surface area contributed by atoms with Crippen LogP contribution in [0.1, 0.15) is 36.8 Å². The van der Waals surface area contributed by atoms with Crippen molar-refractivity contribution in [1.82, 2.24) is 10.2 Å². The monoisotopic (exact) mass is 308 g/mol. The fourth-order valence-corrected chi connectivity index (χ4v) is 3.00. The highest BCUT2D eigenvalue weighted by Gasteiger charge is 2.26. The number of urea groups is 1. The second kappa shape index (κ2) is 7.58. The SMILES string of the molecule is Cc1cc(CNC(=O)N(C)C2CCC(CO)CC2)ccc1F. The molecule has 1 aliphatic rings. The minimum Gasteiger partial charge on any atom is -0.396 e. The van der Waals surface area contributed by atoms with Crippen LogP contribution in [0.3, 0.4) is 0 Å². The Morgan fingerprint density at radius 3 is 2.64 bits per heavy atom. The number of rotatable bonds is 4. The summed E-state index contributed by atoms with van der Waals surface area (Å²) in [7, 11) is 1.81. The number of amides is 2. The van der Waals surface area contributed by atoms with Gasteiger partial charge in [-0.15, -0.1) is 0 Å². The molecule has 1 saturated carbocycles. The highest BCUT2D eigenvalue weighted by atomic mass is 19.1. The second-order valence-electron chi connectivity index (χ2n) is 6.21. The van der Waals surface area contributed by atoms with Gasteiger partial charge in [-0.25, -0.2) is 9.18 Å². The zero-order valence-electron chi connectivity index (χ0n) is 13.3. The maximum atomic E-state index is 13.2. The van der Waals surface area contributed by atoms with Gasteiger partial charge in [-0.2, -0.15) is 0 Å². The number of carbonyl (C=O) groups is 1. The third-order valence-corrected chi connectivity index (χ3v) is 4.61. The molecule has 4 nitrogen and oxygen atoms in total. The summed E-state index contributed by atoms with van der Waals surface area (Å²) in [5.41, 5.74) is 1.48. The van der Waals surface area contributed by atoms with Gasteiger partial charge in [0.1, 0.15) is 5.82 Å². The molecule has 0 aromatic heterocycles. The van der Waals surface area contributed by atoms with Crippen LogP contribution in [0.4, 0.5) is 9.18 Å². The first kappa shape index (κ1) is 16.7. The van der Waals surface area contributed by atoms with Gasteiger partial charge in [0.05, 0.1) is 0 Å². The predicted octanol–water partition coefficient (Wildman–Crippen LogP) is 2.83. The average Bonchev–Trinajstić information content (AvgIpc) is 2.55. The standard InChI is InChI=1S/C17H25FN2O2/c1-12-9-14(5-8-16(12)18)10-19-17(22)20(2)15-6-3-13(11-21)4-7-15/h5,8-9,13,15,21H,3-4,6-7,10-11H2,1-2H3,(H,19,22). The summed E-state index contributed by atoms with van der Waals surface area (Å²) in [6.07, 6.45) is 3.81. The number of carbonyl (C=O) groups excluding carboxylic acids is 1. The van der Waals surface area contributed by atoms with Crippen molar-refractivity contribution in [1.29, 1.82) is 0 Å². The molecule has 0 atom stereocenters. The molecule has 0 saturated heterocycles. The Kier molecular flexibility index (Phi) is 5.77. The van der Waals surface area contributed by atoms with E-state index < -0.39 is 0 Å². The first-order chi connectivity index (χ1) is 10.5. The number of benzene rings is 1. The van der Waals surface area contributed by atoms with Gasteiger partial charge in [-0.1, -0.05) is 12.1 Å². The summed E-state index contributed by atoms with van der Waals surface area (Å²) in [6.45, 7) is 2.36. The Morgan fingerprint density at radius 2 is 2.05 bits per heavy atom. The molecular formula is C17H25FN2O2. The Hall–Kier alpha value is -1.62. The van der Waals surface area contributed by atoms with E-state index in [-0.39, 0.29) is 24.5 Å². The van der Waals surface area contributed by atoms with Gasteiger partial charge in [0.2, 0.25) is 0 Å². The molecule has 2 N–H and O–H groups in total. The third kappa shape index (κ3) is 4.19. The van der Waals surface area contributed by atoms with Gasteiger partial charge in [0, 0.05) is 26.2 Å². The van der Waals surface area contributed by atoms with Crippen LogP contribution in [-0.4, -0.2) is 35.7 Å². The molecule has 0 heterocycles. The van der Waals surface area contributed by atoms with Crippen LogP contribution in [0.5, 0.6) is 0 Å². The number of hydrogen-bond acceptors (Lipinski definition) is 2. The topological polar surface area (TPSA) is 52.6 Å². The molecule has 0 unspecified atom stereocenters. The van der Waals surface area contributed by atoms with Crippen LogP contribution in [0.25, 0.3) is 0 Å². The lowest BCUT2D eigenvalue weighted by Gasteiger charge is -2.34. The molecule has 0 bridgehead atoms. The molecule has 1 aliphatic carbocycles. The summed E-state index contributed by atoms with van der Waals surface area (Å²) in [4.78, 5) is 14.0. The number of halogens is 1. The van der Waals surface area contributed by atoms with Crippen LogP contribution >= 0.6 is 0 Å². The van der Waals surface area contributed by atoms with Gasteiger partial charge in [-0.3, -0.25) is 0 Å². The van der Waals surface area contributed by atoms with Crippen molar-refractivity contribution >= 4 is 6.03 Å². The van der Waals surface area contributed by atoms with Gasteiger partial charge in [0.25, 0.3) is 0 Å². The van der Waals surface area contributed by atoms with Crippen LogP contribution in [0.2, 0.25) is 0 Å². The number of hydrogen-bond donors (Lipinski definition) is 2. The van der Waals surface area contributed by atoms with Crippen LogP contribution < -0.4 is 5.32 Å². The highest BCUT2D eigenvalue weighted by Crippen LogP contribution is 2.26. The summed E-state index contributed by atoms with van der Waals surface area (Å²) < 4.78 is 13.2. The molecule has 1 fully saturated rings. The lowest BCUT2D eigenvalue weighted by atomic mass is 9.86. The minimum atomic E-state index is -0.229. The smallest absolute Gasteiger partial charge is 0.317 e. The molecule has 5 heteroatoms. The van der Waals surface area contributed by atoms with Crippen molar-refractivity contribution in [2.24, 2.45) is 5.92 Å². The third-order valence-electron chi connectivity index (χ3n) is 4.61. The van der Waals surface area contributed by atoms with Gasteiger partial charge < -0.3 is 15.3 Å². The first-order valence-electron chi connectivity index (χ1n) is 7.87. The molecular weight excluding hydrogens is 283 g/mol. The van der Waals surface area contributed by atoms with Gasteiger partial charge in [-0.05, 0) is 55.7 Å². The normalized spacial score (nSPS) is 21.5. The molecule has 1 aromatic carbocycles. The number of aliphatic hydroxyl groups excluding tert-OH is 1.